The molecule has 6 N–H and O–H groups in total. The van der Waals surface area contributed by atoms with Crippen molar-refractivity contribution >= 4 is 34.1 Å². The number of rotatable bonds is 6. The van der Waals surface area contributed by atoms with E-state index in [2.05, 4.69) is 25.6 Å². The van der Waals surface area contributed by atoms with Crippen molar-refractivity contribution in [1.82, 2.24) is 29.1 Å². The van der Waals surface area contributed by atoms with Crippen molar-refractivity contribution in [2.75, 3.05) is 10.6 Å². The molecule has 0 fully saturated rings. The topological polar surface area (TPSA) is 168 Å². The predicted molar refractivity (Wildman–Crippen MR) is 152 cm³/mol. The van der Waals surface area contributed by atoms with Crippen molar-refractivity contribution in [1.29, 1.82) is 0 Å². The zero-order valence-corrected chi connectivity index (χ0v) is 21.6. The number of urea groups is 1. The number of phenols is 1. The van der Waals surface area contributed by atoms with Crippen molar-refractivity contribution in [3.8, 4) is 22.6 Å². The smallest absolute Gasteiger partial charge is 0.316 e. The Morgan fingerprint density at radius 3 is 2.65 bits per heavy atom. The van der Waals surface area contributed by atoms with Crippen LogP contribution >= 0.6 is 0 Å². The molecule has 40 heavy (non-hydrogen) atoms. The Hall–Kier alpha value is -5.65. The zero-order valence-electron chi connectivity index (χ0n) is 21.6. The lowest BCUT2D eigenvalue weighted by atomic mass is 10.0. The van der Waals surface area contributed by atoms with Crippen molar-refractivity contribution < 1.29 is 9.90 Å². The third-order valence-electron chi connectivity index (χ3n) is 6.69. The number of H-pyrrole nitrogens is 1. The molecule has 0 bridgehead atoms. The van der Waals surface area contributed by atoms with Crippen molar-refractivity contribution in [2.24, 2.45) is 5.73 Å². The first-order valence-electron chi connectivity index (χ1n) is 12.5. The number of phenolic OH excluding ortho intramolecular Hbond substituents is 1. The minimum absolute atomic E-state index is 0.0667. The summed E-state index contributed by atoms with van der Waals surface area (Å²) in [6.45, 7) is 3.78. The molecule has 0 unspecified atom stereocenters. The molecule has 12 heteroatoms. The number of primary amides is 1. The van der Waals surface area contributed by atoms with Crippen LogP contribution in [0.15, 0.2) is 78.1 Å². The number of aromatic hydroxyl groups is 1. The number of aryl methyl sites for hydroxylation is 1. The molecule has 6 aromatic rings. The highest BCUT2D eigenvalue weighted by molar-refractivity contribution is 6.02. The molecule has 6 rings (SSSR count). The second kappa shape index (κ2) is 9.58. The molecule has 4 heterocycles. The molecule has 0 spiro atoms. The summed E-state index contributed by atoms with van der Waals surface area (Å²) in [5.74, 6) is 0.890. The molecular weight excluding hydrogens is 510 g/mol. The van der Waals surface area contributed by atoms with Crippen LogP contribution < -0.4 is 21.9 Å². The fraction of sp³-hybridized carbons (Fsp3) is 0.107. The number of carbonyl (C=O) groups excluding carboxylic acids is 1. The number of aromatic amines is 1. The van der Waals surface area contributed by atoms with Gasteiger partial charge in [0.05, 0.1) is 17.1 Å². The maximum absolute atomic E-state index is 13.7. The first kappa shape index (κ1) is 24.7. The van der Waals surface area contributed by atoms with E-state index >= 15 is 0 Å². The molecule has 0 aliphatic rings. The van der Waals surface area contributed by atoms with Gasteiger partial charge < -0.3 is 26.5 Å². The number of nitrogens with two attached hydrogens (primary N) is 1. The Balaban J connectivity index is 1.46. The van der Waals surface area contributed by atoms with Crippen LogP contribution in [0.5, 0.6) is 5.75 Å². The standard InChI is InChI=1S/C28H25N9O3/c1-15-10-11-36-23(15)27(39)37(18-6-4-3-5-7-18)26(35-36)16(2)33-25-22-20(13-30-24(22)31-14-32-25)19-9-8-17(12-21(19)38)34-28(29)40/h3-14,16,38H,1-2H3,(H3,29,34,40)(H2,30,31,32,33)/t16-/m0/s1. The van der Waals surface area contributed by atoms with E-state index in [0.29, 0.717) is 50.7 Å². The van der Waals surface area contributed by atoms with Crippen LogP contribution in [0.4, 0.5) is 16.3 Å². The number of anilines is 2. The van der Waals surface area contributed by atoms with E-state index in [1.54, 1.807) is 33.6 Å². The molecule has 12 nitrogen and oxygen atoms in total. The molecule has 0 saturated heterocycles. The minimum Gasteiger partial charge on any atom is -0.507 e. The van der Waals surface area contributed by atoms with Gasteiger partial charge in [0.2, 0.25) is 0 Å². The van der Waals surface area contributed by atoms with E-state index in [4.69, 9.17) is 10.8 Å². The van der Waals surface area contributed by atoms with Crippen molar-refractivity contribution in [3.05, 3.63) is 95.1 Å². The molecule has 0 aliphatic carbocycles. The summed E-state index contributed by atoms with van der Waals surface area (Å²) in [6, 6.07) is 14.7. The van der Waals surface area contributed by atoms with Gasteiger partial charge in [0, 0.05) is 35.3 Å². The summed E-state index contributed by atoms with van der Waals surface area (Å²) in [4.78, 5) is 36.9. The molecular formula is C28H25N9O3. The van der Waals surface area contributed by atoms with Gasteiger partial charge in [-0.15, -0.1) is 0 Å². The highest BCUT2D eigenvalue weighted by atomic mass is 16.3. The maximum Gasteiger partial charge on any atom is 0.316 e. The number of amides is 2. The minimum atomic E-state index is -0.732. The number of benzene rings is 2. The first-order chi connectivity index (χ1) is 19.3. The Morgan fingerprint density at radius 2 is 1.90 bits per heavy atom. The van der Waals surface area contributed by atoms with Crippen LogP contribution in [0.2, 0.25) is 0 Å². The number of hydrogen-bond donors (Lipinski definition) is 5. The molecule has 0 aliphatic heterocycles. The summed E-state index contributed by atoms with van der Waals surface area (Å²) in [6.07, 6.45) is 4.91. The Kier molecular flexibility index (Phi) is 5.91. The fourth-order valence-electron chi connectivity index (χ4n) is 4.87. The molecule has 4 aromatic heterocycles. The van der Waals surface area contributed by atoms with Crippen molar-refractivity contribution in [2.45, 2.75) is 19.9 Å². The van der Waals surface area contributed by atoms with Crippen LogP contribution in [0.3, 0.4) is 0 Å². The highest BCUT2D eigenvalue weighted by Gasteiger charge is 2.22. The highest BCUT2D eigenvalue weighted by Crippen LogP contribution is 2.38. The first-order valence-corrected chi connectivity index (χ1v) is 12.5. The second-order valence-corrected chi connectivity index (χ2v) is 9.36. The fourth-order valence-corrected chi connectivity index (χ4v) is 4.87. The van der Waals surface area contributed by atoms with Gasteiger partial charge in [-0.1, -0.05) is 18.2 Å². The normalized spacial score (nSPS) is 12.1. The van der Waals surface area contributed by atoms with Gasteiger partial charge in [-0.3, -0.25) is 9.36 Å². The average Bonchev–Trinajstić information content (AvgIpc) is 3.53. The van der Waals surface area contributed by atoms with Crippen LogP contribution in [0.25, 0.3) is 33.4 Å². The molecule has 1 atom stereocenters. The van der Waals surface area contributed by atoms with Gasteiger partial charge in [0.15, 0.2) is 5.82 Å². The Morgan fingerprint density at radius 1 is 1.10 bits per heavy atom. The predicted octanol–water partition coefficient (Wildman–Crippen LogP) is 4.10. The van der Waals surface area contributed by atoms with E-state index in [1.165, 1.54) is 12.4 Å². The van der Waals surface area contributed by atoms with Crippen LogP contribution in [-0.4, -0.2) is 40.3 Å². The molecule has 2 amide bonds. The van der Waals surface area contributed by atoms with Crippen LogP contribution in [0.1, 0.15) is 24.4 Å². The van der Waals surface area contributed by atoms with Gasteiger partial charge in [-0.05, 0) is 49.7 Å². The van der Waals surface area contributed by atoms with E-state index in [9.17, 15) is 14.7 Å². The van der Waals surface area contributed by atoms with Gasteiger partial charge in [0.1, 0.15) is 29.1 Å². The number of nitrogens with one attached hydrogen (secondary N) is 3. The summed E-state index contributed by atoms with van der Waals surface area (Å²) >= 11 is 0. The van der Waals surface area contributed by atoms with E-state index in [-0.39, 0.29) is 11.3 Å². The van der Waals surface area contributed by atoms with E-state index in [0.717, 1.165) is 5.56 Å². The third kappa shape index (κ3) is 4.17. The average molecular weight is 536 g/mol. The van der Waals surface area contributed by atoms with Gasteiger partial charge in [-0.25, -0.2) is 19.3 Å². The summed E-state index contributed by atoms with van der Waals surface area (Å²) in [5, 5.41) is 22.0. The third-order valence-corrected chi connectivity index (χ3v) is 6.69. The number of hydrogen-bond acceptors (Lipinski definition) is 7. The van der Waals surface area contributed by atoms with E-state index < -0.39 is 12.1 Å². The Bertz CT molecular complexity index is 1960. The lowest BCUT2D eigenvalue weighted by Gasteiger charge is -2.20. The van der Waals surface area contributed by atoms with Gasteiger partial charge in [0.25, 0.3) is 5.56 Å². The maximum atomic E-state index is 13.7. The summed E-state index contributed by atoms with van der Waals surface area (Å²) < 4.78 is 3.20. The van der Waals surface area contributed by atoms with Gasteiger partial charge in [-0.2, -0.15) is 5.10 Å². The van der Waals surface area contributed by atoms with Crippen LogP contribution in [0, 0.1) is 6.92 Å². The van der Waals surface area contributed by atoms with Crippen LogP contribution in [-0.2, 0) is 0 Å². The number of para-hydroxylation sites is 1. The van der Waals surface area contributed by atoms with Crippen molar-refractivity contribution in [3.63, 3.8) is 0 Å². The number of nitrogens with zero attached hydrogens (tertiary/aromatic N) is 5. The lowest BCUT2D eigenvalue weighted by Crippen LogP contribution is -2.29. The number of aromatic nitrogens is 6. The molecule has 0 radical (unpaired) electrons. The number of fused-ring (bicyclic) bond motifs is 2. The number of carbonyl (C=O) groups is 1. The summed E-state index contributed by atoms with van der Waals surface area (Å²) in [7, 11) is 0. The molecule has 2 aromatic carbocycles. The quantitative estimate of drug-likeness (QED) is 0.214. The Labute approximate surface area is 227 Å². The SMILES string of the molecule is Cc1ccn2nc([C@H](C)Nc3ncnc4[nH]cc(-c5ccc(NC(N)=O)cc5O)c34)n(-c3ccccc3)c(=O)c12. The monoisotopic (exact) mass is 535 g/mol. The molecule has 0 saturated carbocycles. The second-order valence-electron chi connectivity index (χ2n) is 9.36. The largest absolute Gasteiger partial charge is 0.507 e. The summed E-state index contributed by atoms with van der Waals surface area (Å²) in [5.41, 5.74) is 9.08. The van der Waals surface area contributed by atoms with E-state index in [1.807, 2.05) is 50.2 Å². The lowest BCUT2D eigenvalue weighted by molar-refractivity contribution is 0.259. The zero-order chi connectivity index (χ0) is 28.0. The molecule has 200 valence electrons. The van der Waals surface area contributed by atoms with Gasteiger partial charge >= 0.3 is 6.03 Å².